The number of anilines is 1. The number of esters is 1. The van der Waals surface area contributed by atoms with E-state index in [4.69, 9.17) is 14.2 Å². The van der Waals surface area contributed by atoms with E-state index in [0.29, 0.717) is 20.6 Å². The minimum atomic E-state index is -4.53. The highest BCUT2D eigenvalue weighted by atomic mass is 127. The number of hydrogen-bond donors (Lipinski definition) is 2. The molecular formula is C23H23F3IN3O6. The van der Waals surface area contributed by atoms with Gasteiger partial charge in [0, 0.05) is 18.5 Å². The first kappa shape index (κ1) is 28.9. The summed E-state index contributed by atoms with van der Waals surface area (Å²) in [5.74, 6) is -1.02. The van der Waals surface area contributed by atoms with E-state index in [1.807, 2.05) is 22.6 Å². The van der Waals surface area contributed by atoms with E-state index in [1.165, 1.54) is 25.5 Å². The van der Waals surface area contributed by atoms with Crippen LogP contribution in [0.25, 0.3) is 0 Å². The Morgan fingerprint density at radius 3 is 2.50 bits per heavy atom. The average molecular weight is 621 g/mol. The lowest BCUT2D eigenvalue weighted by molar-refractivity contribution is -0.145. The van der Waals surface area contributed by atoms with Crippen LogP contribution in [-0.4, -0.2) is 44.3 Å². The Balaban J connectivity index is 1.88. The van der Waals surface area contributed by atoms with Gasteiger partial charge in [0.1, 0.15) is 0 Å². The Morgan fingerprint density at radius 1 is 1.11 bits per heavy atom. The van der Waals surface area contributed by atoms with Crippen molar-refractivity contribution < 1.29 is 41.8 Å². The van der Waals surface area contributed by atoms with E-state index in [0.717, 1.165) is 12.1 Å². The predicted molar refractivity (Wildman–Crippen MR) is 133 cm³/mol. The number of methoxy groups -OCH3 is 1. The van der Waals surface area contributed by atoms with Gasteiger partial charge in [-0.2, -0.15) is 18.3 Å². The lowest BCUT2D eigenvalue weighted by atomic mass is 10.2. The third-order valence-electron chi connectivity index (χ3n) is 4.35. The monoisotopic (exact) mass is 621 g/mol. The first-order chi connectivity index (χ1) is 17.0. The second kappa shape index (κ2) is 13.7. The molecule has 194 valence electrons. The number of amides is 2. The number of nitrogens with zero attached hydrogens (tertiary/aromatic N) is 1. The molecule has 9 nitrogen and oxygen atoms in total. The minimum absolute atomic E-state index is 0.0218. The highest BCUT2D eigenvalue weighted by Gasteiger charge is 2.30. The number of rotatable bonds is 11. The number of hydrogen-bond acceptors (Lipinski definition) is 7. The van der Waals surface area contributed by atoms with Gasteiger partial charge in [-0.05, 0) is 65.4 Å². The standard InChI is InChI=1S/C23H23F3IN3O6/c1-3-35-21(33)13-36-22-17(27)9-14(10-18(22)34-2)12-28-30-20(32)8-7-19(31)29-16-6-4-5-15(11-16)23(24,25)26/h4-6,9-12H,3,7-8,13H2,1-2H3,(H,29,31)(H,30,32). The summed E-state index contributed by atoms with van der Waals surface area (Å²) in [6.45, 7) is 1.63. The van der Waals surface area contributed by atoms with Gasteiger partial charge < -0.3 is 19.5 Å². The fourth-order valence-electron chi connectivity index (χ4n) is 2.75. The van der Waals surface area contributed by atoms with Gasteiger partial charge in [-0.15, -0.1) is 0 Å². The zero-order valence-corrected chi connectivity index (χ0v) is 21.4. The number of carbonyl (C=O) groups excluding carboxylic acids is 3. The summed E-state index contributed by atoms with van der Waals surface area (Å²) in [5, 5.41) is 6.16. The summed E-state index contributed by atoms with van der Waals surface area (Å²) in [6.07, 6.45) is -3.67. The molecule has 0 radical (unpaired) electrons. The number of ether oxygens (including phenoxy) is 3. The summed E-state index contributed by atoms with van der Waals surface area (Å²) in [6, 6.07) is 7.46. The molecule has 0 aliphatic rings. The Bertz CT molecular complexity index is 1120. The summed E-state index contributed by atoms with van der Waals surface area (Å²) < 4.78 is 54.5. The van der Waals surface area contributed by atoms with Gasteiger partial charge in [-0.1, -0.05) is 6.07 Å². The van der Waals surface area contributed by atoms with Gasteiger partial charge in [0.15, 0.2) is 18.1 Å². The van der Waals surface area contributed by atoms with Gasteiger partial charge in [-0.25, -0.2) is 10.2 Å². The molecule has 0 aliphatic heterocycles. The van der Waals surface area contributed by atoms with Crippen LogP contribution in [0.15, 0.2) is 41.5 Å². The molecule has 36 heavy (non-hydrogen) atoms. The van der Waals surface area contributed by atoms with Crippen LogP contribution in [-0.2, 0) is 25.3 Å². The lowest BCUT2D eigenvalue weighted by Crippen LogP contribution is -2.20. The van der Waals surface area contributed by atoms with Crippen molar-refractivity contribution in [3.8, 4) is 11.5 Å². The molecule has 0 saturated heterocycles. The number of alkyl halides is 3. The van der Waals surface area contributed by atoms with Crippen molar-refractivity contribution >= 4 is 52.3 Å². The summed E-state index contributed by atoms with van der Waals surface area (Å²) in [4.78, 5) is 35.5. The van der Waals surface area contributed by atoms with E-state index in [1.54, 1.807) is 19.1 Å². The number of nitrogens with one attached hydrogen (secondary N) is 2. The molecule has 0 spiro atoms. The maximum absolute atomic E-state index is 12.8. The van der Waals surface area contributed by atoms with E-state index in [-0.39, 0.29) is 31.7 Å². The van der Waals surface area contributed by atoms with Gasteiger partial charge in [0.25, 0.3) is 0 Å². The van der Waals surface area contributed by atoms with Gasteiger partial charge >= 0.3 is 12.1 Å². The lowest BCUT2D eigenvalue weighted by Gasteiger charge is -2.13. The Morgan fingerprint density at radius 2 is 1.83 bits per heavy atom. The largest absolute Gasteiger partial charge is 0.493 e. The van der Waals surface area contributed by atoms with Crippen LogP contribution >= 0.6 is 22.6 Å². The topological polar surface area (TPSA) is 115 Å². The van der Waals surface area contributed by atoms with Crippen molar-refractivity contribution in [2.45, 2.75) is 25.9 Å². The zero-order chi connectivity index (χ0) is 26.7. The van der Waals surface area contributed by atoms with Gasteiger partial charge in [0.2, 0.25) is 11.8 Å². The number of benzene rings is 2. The zero-order valence-electron chi connectivity index (χ0n) is 19.3. The van der Waals surface area contributed by atoms with E-state index < -0.39 is 29.5 Å². The predicted octanol–water partition coefficient (Wildman–Crippen LogP) is 4.13. The molecule has 2 amide bonds. The maximum Gasteiger partial charge on any atom is 0.416 e. The Labute approximate surface area is 218 Å². The third kappa shape index (κ3) is 9.36. The number of hydrazone groups is 1. The molecular weight excluding hydrogens is 598 g/mol. The molecule has 2 aromatic carbocycles. The van der Waals surface area contributed by atoms with Crippen molar-refractivity contribution in [3.63, 3.8) is 0 Å². The van der Waals surface area contributed by atoms with E-state index in [2.05, 4.69) is 15.8 Å². The number of halogens is 4. The van der Waals surface area contributed by atoms with Crippen LogP contribution in [0.3, 0.4) is 0 Å². The fourth-order valence-corrected chi connectivity index (χ4v) is 3.53. The molecule has 2 N–H and O–H groups in total. The summed E-state index contributed by atoms with van der Waals surface area (Å²) >= 11 is 1.99. The maximum atomic E-state index is 12.8. The molecule has 13 heteroatoms. The van der Waals surface area contributed by atoms with Crippen LogP contribution in [0.1, 0.15) is 30.9 Å². The normalized spacial score (nSPS) is 11.2. The molecule has 2 aromatic rings. The molecule has 2 rings (SSSR count). The quantitative estimate of drug-likeness (QED) is 0.169. The fraction of sp³-hybridized carbons (Fsp3) is 0.304. The van der Waals surface area contributed by atoms with Crippen LogP contribution in [0.2, 0.25) is 0 Å². The molecule has 0 fully saturated rings. The van der Waals surface area contributed by atoms with Crippen molar-refractivity contribution in [2.75, 3.05) is 25.6 Å². The van der Waals surface area contributed by atoms with Crippen LogP contribution in [0, 0.1) is 3.57 Å². The minimum Gasteiger partial charge on any atom is -0.493 e. The van der Waals surface area contributed by atoms with Crippen molar-refractivity contribution in [3.05, 3.63) is 51.1 Å². The van der Waals surface area contributed by atoms with Crippen LogP contribution < -0.4 is 20.2 Å². The molecule has 0 heterocycles. The smallest absolute Gasteiger partial charge is 0.416 e. The Kier molecular flexibility index (Phi) is 11.0. The van der Waals surface area contributed by atoms with Gasteiger partial charge in [0.05, 0.1) is 29.1 Å². The second-order valence-electron chi connectivity index (χ2n) is 7.05. The first-order valence-electron chi connectivity index (χ1n) is 10.5. The van der Waals surface area contributed by atoms with Crippen molar-refractivity contribution in [2.24, 2.45) is 5.10 Å². The van der Waals surface area contributed by atoms with Crippen molar-refractivity contribution in [1.29, 1.82) is 0 Å². The van der Waals surface area contributed by atoms with Crippen molar-refractivity contribution in [1.82, 2.24) is 5.43 Å². The molecule has 0 unspecified atom stereocenters. The number of carbonyl (C=O) groups is 3. The average Bonchev–Trinajstić information content (AvgIpc) is 2.81. The SMILES string of the molecule is CCOC(=O)COc1c(I)cc(C=NNC(=O)CCC(=O)Nc2cccc(C(F)(F)F)c2)cc1OC. The third-order valence-corrected chi connectivity index (χ3v) is 5.15. The Hall–Kier alpha value is -3.36. The van der Waals surface area contributed by atoms with Crippen LogP contribution in [0.4, 0.5) is 18.9 Å². The van der Waals surface area contributed by atoms with E-state index >= 15 is 0 Å². The molecule has 0 aliphatic carbocycles. The van der Waals surface area contributed by atoms with Gasteiger partial charge in [-0.3, -0.25) is 9.59 Å². The molecule has 0 bridgehead atoms. The highest BCUT2D eigenvalue weighted by Crippen LogP contribution is 2.33. The summed E-state index contributed by atoms with van der Waals surface area (Å²) in [7, 11) is 1.43. The molecule has 0 aromatic heterocycles. The molecule has 0 saturated carbocycles. The van der Waals surface area contributed by atoms with Crippen LogP contribution in [0.5, 0.6) is 11.5 Å². The summed E-state index contributed by atoms with van der Waals surface area (Å²) in [5.41, 5.74) is 1.92. The first-order valence-corrected chi connectivity index (χ1v) is 11.6. The van der Waals surface area contributed by atoms with E-state index in [9.17, 15) is 27.6 Å². The second-order valence-corrected chi connectivity index (χ2v) is 8.21. The highest BCUT2D eigenvalue weighted by molar-refractivity contribution is 14.1. The molecule has 0 atom stereocenters.